The van der Waals surface area contributed by atoms with Crippen LogP contribution in [-0.4, -0.2) is 28.8 Å². The molecule has 0 aliphatic heterocycles. The number of rotatable bonds is 4. The zero-order valence-corrected chi connectivity index (χ0v) is 11.7. The summed E-state index contributed by atoms with van der Waals surface area (Å²) in [5, 5.41) is 22.7. The summed E-state index contributed by atoms with van der Waals surface area (Å²) >= 11 is 17.5. The van der Waals surface area contributed by atoms with E-state index in [0.29, 0.717) is 0 Å². The Morgan fingerprint density at radius 2 is 1.78 bits per heavy atom. The van der Waals surface area contributed by atoms with Crippen molar-refractivity contribution in [3.63, 3.8) is 0 Å². The van der Waals surface area contributed by atoms with Crippen LogP contribution in [0, 0.1) is 0 Å². The number of carbonyl (C=O) groups is 1. The van der Waals surface area contributed by atoms with Crippen LogP contribution in [0.15, 0.2) is 12.1 Å². The van der Waals surface area contributed by atoms with Crippen molar-refractivity contribution in [2.75, 3.05) is 6.54 Å². The van der Waals surface area contributed by atoms with Gasteiger partial charge >= 0.3 is 0 Å². The molecule has 0 bridgehead atoms. The van der Waals surface area contributed by atoms with Crippen LogP contribution >= 0.6 is 34.8 Å². The first-order chi connectivity index (χ1) is 8.32. The van der Waals surface area contributed by atoms with E-state index in [-0.39, 0.29) is 33.1 Å². The van der Waals surface area contributed by atoms with Crippen molar-refractivity contribution >= 4 is 40.7 Å². The van der Waals surface area contributed by atoms with Crippen LogP contribution in [0.2, 0.25) is 15.1 Å². The normalized spacial score (nSPS) is 14.1. The van der Waals surface area contributed by atoms with Gasteiger partial charge in [0.2, 0.25) is 5.91 Å². The van der Waals surface area contributed by atoms with E-state index in [4.69, 9.17) is 34.8 Å². The minimum atomic E-state index is -1.26. The fraction of sp³-hybridized carbons (Fsp3) is 0.364. The average molecular weight is 313 g/mol. The van der Waals surface area contributed by atoms with E-state index in [2.05, 4.69) is 5.32 Å². The van der Waals surface area contributed by atoms with Gasteiger partial charge in [0, 0.05) is 24.1 Å². The Kier molecular flexibility index (Phi) is 5.69. The van der Waals surface area contributed by atoms with Gasteiger partial charge in [-0.3, -0.25) is 4.79 Å². The number of hydrogen-bond acceptors (Lipinski definition) is 3. The molecule has 2 atom stereocenters. The summed E-state index contributed by atoms with van der Waals surface area (Å²) in [6.45, 7) is 1.22. The third kappa shape index (κ3) is 4.00. The molecule has 2 unspecified atom stereocenters. The van der Waals surface area contributed by atoms with Gasteiger partial charge < -0.3 is 15.5 Å². The fourth-order valence-corrected chi connectivity index (χ4v) is 2.00. The molecular formula is C11H12Cl3NO3. The number of aliphatic hydroxyl groups excluding tert-OH is 2. The Morgan fingerprint density at radius 3 is 2.33 bits per heavy atom. The number of carbonyl (C=O) groups excluding carboxylic acids is 1. The Hall–Kier alpha value is -0.520. The molecule has 0 heterocycles. The quantitative estimate of drug-likeness (QED) is 0.746. The third-order valence-electron chi connectivity index (χ3n) is 2.28. The summed E-state index contributed by atoms with van der Waals surface area (Å²) in [6, 6.07) is 2.77. The van der Waals surface area contributed by atoms with Gasteiger partial charge in [-0.2, -0.15) is 0 Å². The Balaban J connectivity index is 2.86. The van der Waals surface area contributed by atoms with Gasteiger partial charge in [-0.05, 0) is 12.1 Å². The lowest BCUT2D eigenvalue weighted by atomic mass is 10.0. The van der Waals surface area contributed by atoms with Crippen LogP contribution in [0.25, 0.3) is 0 Å². The van der Waals surface area contributed by atoms with Crippen molar-refractivity contribution in [1.29, 1.82) is 0 Å². The summed E-state index contributed by atoms with van der Waals surface area (Å²) in [7, 11) is 0. The molecule has 0 aliphatic rings. The lowest BCUT2D eigenvalue weighted by Crippen LogP contribution is -2.34. The molecule has 1 amide bonds. The summed E-state index contributed by atoms with van der Waals surface area (Å²) in [5.41, 5.74) is 0.254. The van der Waals surface area contributed by atoms with Gasteiger partial charge in [0.25, 0.3) is 0 Å². The van der Waals surface area contributed by atoms with Gasteiger partial charge in [-0.25, -0.2) is 0 Å². The van der Waals surface area contributed by atoms with Gasteiger partial charge in [-0.15, -0.1) is 0 Å². The topological polar surface area (TPSA) is 69.6 Å². The van der Waals surface area contributed by atoms with Crippen LogP contribution < -0.4 is 5.32 Å². The maximum absolute atomic E-state index is 10.7. The molecule has 1 aromatic carbocycles. The average Bonchev–Trinajstić information content (AvgIpc) is 2.29. The number of amides is 1. The number of nitrogens with one attached hydrogen (secondary N) is 1. The summed E-state index contributed by atoms with van der Waals surface area (Å²) in [4.78, 5) is 10.7. The fourth-order valence-electron chi connectivity index (χ4n) is 1.33. The van der Waals surface area contributed by atoms with Crippen molar-refractivity contribution in [3.8, 4) is 0 Å². The standard InChI is InChI=1S/C11H12Cl3NO3/c1-5(16)15-4-10(17)11(18)6-2-8(13)9(14)3-7(6)12/h2-3,10-11,17-18H,4H2,1H3,(H,15,16). The molecule has 0 spiro atoms. The number of benzene rings is 1. The minimum Gasteiger partial charge on any atom is -0.388 e. The zero-order chi connectivity index (χ0) is 13.9. The number of halogens is 3. The predicted molar refractivity (Wildman–Crippen MR) is 71.1 cm³/mol. The van der Waals surface area contributed by atoms with Crippen molar-refractivity contribution in [1.82, 2.24) is 5.32 Å². The van der Waals surface area contributed by atoms with E-state index >= 15 is 0 Å². The number of aliphatic hydroxyl groups is 2. The van der Waals surface area contributed by atoms with Gasteiger partial charge in [0.1, 0.15) is 12.2 Å². The second kappa shape index (κ2) is 6.59. The van der Waals surface area contributed by atoms with Crippen LogP contribution in [0.5, 0.6) is 0 Å². The maximum atomic E-state index is 10.7. The second-order valence-electron chi connectivity index (χ2n) is 3.74. The monoisotopic (exact) mass is 311 g/mol. The van der Waals surface area contributed by atoms with E-state index in [1.54, 1.807) is 0 Å². The van der Waals surface area contributed by atoms with Gasteiger partial charge in [-0.1, -0.05) is 34.8 Å². The highest BCUT2D eigenvalue weighted by molar-refractivity contribution is 6.43. The van der Waals surface area contributed by atoms with Crippen LogP contribution in [0.1, 0.15) is 18.6 Å². The Labute approximate surface area is 119 Å². The smallest absolute Gasteiger partial charge is 0.216 e. The molecule has 18 heavy (non-hydrogen) atoms. The summed E-state index contributed by atoms with van der Waals surface area (Å²) < 4.78 is 0. The minimum absolute atomic E-state index is 0.0902. The largest absolute Gasteiger partial charge is 0.388 e. The molecule has 0 aromatic heterocycles. The van der Waals surface area contributed by atoms with Crippen LogP contribution in [0.4, 0.5) is 0 Å². The summed E-state index contributed by atoms with van der Waals surface area (Å²) in [6.07, 6.45) is -2.46. The van der Waals surface area contributed by atoms with E-state index in [0.717, 1.165) is 0 Å². The molecule has 0 radical (unpaired) electrons. The lowest BCUT2D eigenvalue weighted by molar-refractivity contribution is -0.119. The zero-order valence-electron chi connectivity index (χ0n) is 9.45. The van der Waals surface area contributed by atoms with Gasteiger partial charge in [0.15, 0.2) is 0 Å². The van der Waals surface area contributed by atoms with Crippen LogP contribution in [0.3, 0.4) is 0 Å². The van der Waals surface area contributed by atoms with Gasteiger partial charge in [0.05, 0.1) is 10.0 Å². The third-order valence-corrected chi connectivity index (χ3v) is 3.33. The highest BCUT2D eigenvalue weighted by Gasteiger charge is 2.22. The summed E-state index contributed by atoms with van der Waals surface area (Å²) in [5.74, 6) is -0.304. The van der Waals surface area contributed by atoms with E-state index < -0.39 is 12.2 Å². The SMILES string of the molecule is CC(=O)NCC(O)C(O)c1cc(Cl)c(Cl)cc1Cl. The molecule has 1 aromatic rings. The predicted octanol–water partition coefficient (Wildman–Crippen LogP) is 2.18. The molecule has 0 saturated heterocycles. The van der Waals surface area contributed by atoms with E-state index in [1.165, 1.54) is 19.1 Å². The number of hydrogen-bond donors (Lipinski definition) is 3. The van der Waals surface area contributed by atoms with Crippen molar-refractivity contribution in [2.24, 2.45) is 0 Å². The Morgan fingerprint density at radius 1 is 1.22 bits per heavy atom. The molecule has 0 saturated carbocycles. The molecule has 1 rings (SSSR count). The molecule has 100 valence electrons. The molecular weight excluding hydrogens is 300 g/mol. The van der Waals surface area contributed by atoms with Crippen molar-refractivity contribution < 1.29 is 15.0 Å². The first-order valence-corrected chi connectivity index (χ1v) is 6.21. The molecule has 7 heteroatoms. The first-order valence-electron chi connectivity index (χ1n) is 5.08. The lowest BCUT2D eigenvalue weighted by Gasteiger charge is -2.19. The molecule has 0 aliphatic carbocycles. The highest BCUT2D eigenvalue weighted by Crippen LogP contribution is 2.33. The second-order valence-corrected chi connectivity index (χ2v) is 4.96. The van der Waals surface area contributed by atoms with E-state index in [1.807, 2.05) is 0 Å². The highest BCUT2D eigenvalue weighted by atomic mass is 35.5. The molecule has 4 nitrogen and oxygen atoms in total. The van der Waals surface area contributed by atoms with Crippen molar-refractivity contribution in [3.05, 3.63) is 32.8 Å². The van der Waals surface area contributed by atoms with E-state index in [9.17, 15) is 15.0 Å². The molecule has 0 fully saturated rings. The van der Waals surface area contributed by atoms with Crippen molar-refractivity contribution in [2.45, 2.75) is 19.1 Å². The molecule has 3 N–H and O–H groups in total. The Bertz CT molecular complexity index is 453. The maximum Gasteiger partial charge on any atom is 0.216 e. The van der Waals surface area contributed by atoms with Crippen LogP contribution in [-0.2, 0) is 4.79 Å². The first kappa shape index (κ1) is 15.5.